The molecule has 0 fully saturated rings. The van der Waals surface area contributed by atoms with E-state index in [1.54, 1.807) is 11.0 Å². The molecule has 0 saturated heterocycles. The van der Waals surface area contributed by atoms with Gasteiger partial charge in [-0.3, -0.25) is 9.69 Å². The minimum atomic E-state index is -4.50. The van der Waals surface area contributed by atoms with Gasteiger partial charge in [-0.1, -0.05) is 32.9 Å². The second-order valence-corrected chi connectivity index (χ2v) is 7.92. The monoisotopic (exact) mass is 377 g/mol. The Morgan fingerprint density at radius 2 is 1.81 bits per heavy atom. The maximum Gasteiger partial charge on any atom is 0.416 e. The fourth-order valence-electron chi connectivity index (χ4n) is 3.20. The molecule has 2 aromatic rings. The van der Waals surface area contributed by atoms with Gasteiger partial charge >= 0.3 is 6.18 Å². The van der Waals surface area contributed by atoms with Crippen molar-refractivity contribution in [3.8, 4) is 5.75 Å². The largest absolute Gasteiger partial charge is 0.489 e. The molecule has 1 heterocycles. The molecular weight excluding hydrogens is 355 g/mol. The third kappa shape index (κ3) is 3.80. The van der Waals surface area contributed by atoms with Crippen LogP contribution in [0.3, 0.4) is 0 Å². The fraction of sp³-hybridized carbons (Fsp3) is 0.381. The topological polar surface area (TPSA) is 29.5 Å². The van der Waals surface area contributed by atoms with Crippen LogP contribution in [0.1, 0.15) is 42.3 Å². The minimum absolute atomic E-state index is 0.00781. The van der Waals surface area contributed by atoms with E-state index in [0.717, 1.165) is 17.7 Å². The number of fused-ring (bicyclic) bond motifs is 1. The lowest BCUT2D eigenvalue weighted by molar-refractivity contribution is -0.137. The molecule has 0 spiro atoms. The van der Waals surface area contributed by atoms with Crippen LogP contribution in [-0.4, -0.2) is 18.6 Å². The zero-order chi connectivity index (χ0) is 20.0. The SMILES string of the molecule is Cc1ccc2c(c1)N(C(=O)c1cccc(C(F)(F)F)c1)[C@@H](C(C)(C)C)CO2. The summed E-state index contributed by atoms with van der Waals surface area (Å²) in [5, 5.41) is 0. The molecule has 0 bridgehead atoms. The molecule has 0 unspecified atom stereocenters. The molecule has 1 aliphatic heterocycles. The molecule has 3 rings (SSSR count). The summed E-state index contributed by atoms with van der Waals surface area (Å²) in [6.45, 7) is 8.12. The average Bonchev–Trinajstić information content (AvgIpc) is 2.58. The Bertz CT molecular complexity index is 868. The number of carbonyl (C=O) groups excluding carboxylic acids is 1. The first kappa shape index (κ1) is 19.3. The number of anilines is 1. The van der Waals surface area contributed by atoms with Crippen molar-refractivity contribution in [1.29, 1.82) is 0 Å². The van der Waals surface area contributed by atoms with E-state index in [0.29, 0.717) is 11.4 Å². The van der Waals surface area contributed by atoms with E-state index >= 15 is 0 Å². The number of hydrogen-bond donors (Lipinski definition) is 0. The number of ether oxygens (including phenoxy) is 1. The molecule has 1 atom stereocenters. The predicted molar refractivity (Wildman–Crippen MR) is 98.2 cm³/mol. The summed E-state index contributed by atoms with van der Waals surface area (Å²) in [5.74, 6) is 0.0950. The van der Waals surface area contributed by atoms with Gasteiger partial charge in [0.25, 0.3) is 5.91 Å². The third-order valence-electron chi connectivity index (χ3n) is 4.74. The van der Waals surface area contributed by atoms with Gasteiger partial charge in [-0.15, -0.1) is 0 Å². The van der Waals surface area contributed by atoms with Crippen LogP contribution in [0.15, 0.2) is 42.5 Å². The number of aryl methyl sites for hydroxylation is 1. The lowest BCUT2D eigenvalue weighted by atomic mass is 9.84. The zero-order valence-electron chi connectivity index (χ0n) is 15.7. The Labute approximate surface area is 156 Å². The highest BCUT2D eigenvalue weighted by Gasteiger charge is 2.40. The Balaban J connectivity index is 2.11. The van der Waals surface area contributed by atoms with E-state index in [1.165, 1.54) is 12.1 Å². The lowest BCUT2D eigenvalue weighted by Crippen LogP contribution is -2.53. The summed E-state index contributed by atoms with van der Waals surface area (Å²) in [6, 6.07) is 9.75. The van der Waals surface area contributed by atoms with E-state index in [4.69, 9.17) is 4.74 Å². The Hall–Kier alpha value is -2.50. The standard InChI is InChI=1S/C21H22F3NO2/c1-13-8-9-17-16(10-13)25(18(12-27-17)20(2,3)4)19(26)14-6-5-7-15(11-14)21(22,23)24/h5-11,18H,12H2,1-4H3/t18-/m1/s1. The number of amides is 1. The Morgan fingerprint density at radius 3 is 2.44 bits per heavy atom. The first-order valence-electron chi connectivity index (χ1n) is 8.73. The van der Waals surface area contributed by atoms with Gasteiger partial charge in [0.05, 0.1) is 17.3 Å². The van der Waals surface area contributed by atoms with Gasteiger partial charge in [-0.05, 0) is 48.2 Å². The molecule has 0 aromatic heterocycles. The summed E-state index contributed by atoms with van der Waals surface area (Å²) in [5.41, 5.74) is 0.378. The number of carbonyl (C=O) groups is 1. The predicted octanol–water partition coefficient (Wildman–Crippen LogP) is 5.47. The number of benzene rings is 2. The van der Waals surface area contributed by atoms with Crippen LogP contribution in [0.25, 0.3) is 0 Å². The van der Waals surface area contributed by atoms with E-state index in [-0.39, 0.29) is 23.6 Å². The molecule has 0 radical (unpaired) electrons. The highest BCUT2D eigenvalue weighted by molar-refractivity contribution is 6.07. The summed E-state index contributed by atoms with van der Waals surface area (Å²) >= 11 is 0. The van der Waals surface area contributed by atoms with Gasteiger partial charge in [-0.2, -0.15) is 13.2 Å². The van der Waals surface area contributed by atoms with Crippen molar-refractivity contribution in [1.82, 2.24) is 0 Å². The summed E-state index contributed by atoms with van der Waals surface area (Å²) in [7, 11) is 0. The second kappa shape index (κ2) is 6.59. The number of hydrogen-bond acceptors (Lipinski definition) is 2. The second-order valence-electron chi connectivity index (χ2n) is 7.92. The van der Waals surface area contributed by atoms with Crippen molar-refractivity contribution in [3.63, 3.8) is 0 Å². The first-order chi connectivity index (χ1) is 12.5. The lowest BCUT2D eigenvalue weighted by Gasteiger charge is -2.43. The van der Waals surface area contributed by atoms with Crippen LogP contribution in [0.2, 0.25) is 0 Å². The van der Waals surface area contributed by atoms with Gasteiger partial charge in [0, 0.05) is 5.56 Å². The summed E-state index contributed by atoms with van der Waals surface area (Å²) in [6.07, 6.45) is -4.50. The van der Waals surface area contributed by atoms with Crippen molar-refractivity contribution in [3.05, 3.63) is 59.2 Å². The molecule has 6 heteroatoms. The molecule has 2 aromatic carbocycles. The minimum Gasteiger partial charge on any atom is -0.489 e. The number of halogens is 3. The molecule has 1 aliphatic rings. The molecule has 144 valence electrons. The van der Waals surface area contributed by atoms with Gasteiger partial charge in [0.1, 0.15) is 12.4 Å². The van der Waals surface area contributed by atoms with Gasteiger partial charge < -0.3 is 4.74 Å². The third-order valence-corrected chi connectivity index (χ3v) is 4.74. The molecule has 0 aliphatic carbocycles. The highest BCUT2D eigenvalue weighted by Crippen LogP contribution is 2.41. The molecule has 0 saturated carbocycles. The van der Waals surface area contributed by atoms with Gasteiger partial charge in [0.2, 0.25) is 0 Å². The molecule has 0 N–H and O–H groups in total. The van der Waals surface area contributed by atoms with Crippen LogP contribution >= 0.6 is 0 Å². The first-order valence-corrected chi connectivity index (χ1v) is 8.73. The van der Waals surface area contributed by atoms with Crippen molar-refractivity contribution in [2.75, 3.05) is 11.5 Å². The fourth-order valence-corrected chi connectivity index (χ4v) is 3.20. The number of nitrogens with zero attached hydrogens (tertiary/aromatic N) is 1. The molecule has 27 heavy (non-hydrogen) atoms. The number of rotatable bonds is 1. The van der Waals surface area contributed by atoms with Crippen molar-refractivity contribution in [2.24, 2.45) is 5.41 Å². The van der Waals surface area contributed by atoms with Crippen LogP contribution in [0, 0.1) is 12.3 Å². The van der Waals surface area contributed by atoms with E-state index in [2.05, 4.69) is 0 Å². The van der Waals surface area contributed by atoms with Crippen LogP contribution in [-0.2, 0) is 6.18 Å². The van der Waals surface area contributed by atoms with Gasteiger partial charge in [-0.25, -0.2) is 0 Å². The molecule has 3 nitrogen and oxygen atoms in total. The maximum atomic E-state index is 13.3. The van der Waals surface area contributed by atoms with E-state index in [1.807, 2.05) is 39.8 Å². The molecular formula is C21H22F3NO2. The Morgan fingerprint density at radius 1 is 1.11 bits per heavy atom. The summed E-state index contributed by atoms with van der Waals surface area (Å²) < 4.78 is 45.1. The summed E-state index contributed by atoms with van der Waals surface area (Å²) in [4.78, 5) is 14.9. The van der Waals surface area contributed by atoms with E-state index < -0.39 is 17.6 Å². The van der Waals surface area contributed by atoms with Crippen molar-refractivity contribution in [2.45, 2.75) is 39.9 Å². The molecule has 1 amide bonds. The maximum absolute atomic E-state index is 13.3. The quantitative estimate of drug-likeness (QED) is 0.660. The highest BCUT2D eigenvalue weighted by atomic mass is 19.4. The van der Waals surface area contributed by atoms with Gasteiger partial charge in [0.15, 0.2) is 0 Å². The number of alkyl halides is 3. The van der Waals surface area contributed by atoms with Crippen molar-refractivity contribution < 1.29 is 22.7 Å². The van der Waals surface area contributed by atoms with E-state index in [9.17, 15) is 18.0 Å². The average molecular weight is 377 g/mol. The van der Waals surface area contributed by atoms with Crippen LogP contribution in [0.5, 0.6) is 5.75 Å². The van der Waals surface area contributed by atoms with Crippen LogP contribution in [0.4, 0.5) is 18.9 Å². The van der Waals surface area contributed by atoms with Crippen molar-refractivity contribution >= 4 is 11.6 Å². The Kier molecular flexibility index (Phi) is 4.70. The zero-order valence-corrected chi connectivity index (χ0v) is 15.7. The van der Waals surface area contributed by atoms with Crippen LogP contribution < -0.4 is 9.64 Å². The normalized spacial score (nSPS) is 17.3. The smallest absolute Gasteiger partial charge is 0.416 e.